The first-order valence-electron chi connectivity index (χ1n) is 6.43. The van der Waals surface area contributed by atoms with E-state index in [2.05, 4.69) is 10.4 Å². The molecule has 0 bridgehead atoms. The number of hydrogen-bond donors (Lipinski definition) is 3. The summed E-state index contributed by atoms with van der Waals surface area (Å²) in [6.07, 6.45) is -0.494. The molecule has 0 radical (unpaired) electrons. The normalized spacial score (nSPS) is 13.8. The minimum atomic E-state index is -1.28. The molecule has 1 rings (SSSR count). The van der Waals surface area contributed by atoms with E-state index >= 15 is 0 Å². The largest absolute Gasteiger partial charge is 0.480 e. The van der Waals surface area contributed by atoms with Gasteiger partial charge in [-0.15, -0.1) is 0 Å². The van der Waals surface area contributed by atoms with Crippen molar-refractivity contribution in [2.45, 2.75) is 45.8 Å². The summed E-state index contributed by atoms with van der Waals surface area (Å²) in [7, 11) is 1.83. The average Bonchev–Trinajstić information content (AvgIpc) is 2.57. The predicted octanol–water partition coefficient (Wildman–Crippen LogP) is -0.0803. The van der Waals surface area contributed by atoms with Crippen LogP contribution in [-0.4, -0.2) is 44.0 Å². The number of aromatic nitrogens is 2. The fraction of sp³-hybridized carbons (Fsp3) is 0.615. The third-order valence-corrected chi connectivity index (χ3v) is 3.33. The Labute approximate surface area is 117 Å². The van der Waals surface area contributed by atoms with Crippen LogP contribution in [0.3, 0.4) is 0 Å². The highest BCUT2D eigenvalue weighted by molar-refractivity contribution is 5.84. The molecule has 0 aliphatic heterocycles. The van der Waals surface area contributed by atoms with Gasteiger partial charge in [-0.1, -0.05) is 0 Å². The lowest BCUT2D eigenvalue weighted by molar-refractivity contribution is -0.144. The highest BCUT2D eigenvalue weighted by Gasteiger charge is 2.24. The lowest BCUT2D eigenvalue weighted by Gasteiger charge is -2.16. The molecular weight excluding hydrogens is 262 g/mol. The molecule has 0 fully saturated rings. The van der Waals surface area contributed by atoms with Crippen LogP contribution in [0.25, 0.3) is 0 Å². The number of hydrogen-bond acceptors (Lipinski definition) is 4. The Balaban J connectivity index is 2.61. The van der Waals surface area contributed by atoms with Crippen molar-refractivity contribution in [1.82, 2.24) is 15.1 Å². The maximum absolute atomic E-state index is 11.8. The third kappa shape index (κ3) is 3.80. The summed E-state index contributed by atoms with van der Waals surface area (Å²) < 4.78 is 1.75. The molecule has 3 N–H and O–H groups in total. The van der Waals surface area contributed by atoms with Crippen LogP contribution < -0.4 is 5.32 Å². The fourth-order valence-electron chi connectivity index (χ4n) is 2.05. The fourth-order valence-corrected chi connectivity index (χ4v) is 2.05. The van der Waals surface area contributed by atoms with E-state index in [4.69, 9.17) is 5.11 Å². The second-order valence-electron chi connectivity index (χ2n) is 4.90. The molecule has 7 nitrogen and oxygen atoms in total. The van der Waals surface area contributed by atoms with Crippen molar-refractivity contribution >= 4 is 11.9 Å². The van der Waals surface area contributed by atoms with Crippen LogP contribution in [0, 0.1) is 13.8 Å². The predicted molar refractivity (Wildman–Crippen MR) is 72.3 cm³/mol. The number of nitrogens with one attached hydrogen (secondary N) is 1. The van der Waals surface area contributed by atoms with Gasteiger partial charge in [0, 0.05) is 19.2 Å². The van der Waals surface area contributed by atoms with E-state index in [0.717, 1.165) is 17.0 Å². The van der Waals surface area contributed by atoms with E-state index in [1.54, 1.807) is 4.68 Å². The van der Waals surface area contributed by atoms with Crippen molar-refractivity contribution in [3.8, 4) is 0 Å². The molecule has 2 atom stereocenters. The zero-order valence-corrected chi connectivity index (χ0v) is 12.2. The van der Waals surface area contributed by atoms with Crippen LogP contribution in [-0.2, 0) is 23.1 Å². The number of carboxylic acids is 1. The smallest absolute Gasteiger partial charge is 0.328 e. The van der Waals surface area contributed by atoms with Gasteiger partial charge in [-0.3, -0.25) is 9.48 Å². The van der Waals surface area contributed by atoms with Crippen molar-refractivity contribution in [1.29, 1.82) is 0 Å². The molecule has 20 heavy (non-hydrogen) atoms. The van der Waals surface area contributed by atoms with Crippen LogP contribution in [0.15, 0.2) is 0 Å². The van der Waals surface area contributed by atoms with Crippen LogP contribution >= 0.6 is 0 Å². The summed E-state index contributed by atoms with van der Waals surface area (Å²) >= 11 is 0. The van der Waals surface area contributed by atoms with Gasteiger partial charge < -0.3 is 15.5 Å². The van der Waals surface area contributed by atoms with E-state index in [1.165, 1.54) is 6.92 Å². The van der Waals surface area contributed by atoms with Gasteiger partial charge in [0.1, 0.15) is 0 Å². The lowest BCUT2D eigenvalue weighted by atomic mass is 10.1. The number of rotatable bonds is 6. The molecule has 0 aromatic carbocycles. The first-order valence-corrected chi connectivity index (χ1v) is 6.43. The Bertz CT molecular complexity index is 508. The molecule has 7 heteroatoms. The Morgan fingerprint density at radius 2 is 2.00 bits per heavy atom. The molecular formula is C13H21N3O4. The van der Waals surface area contributed by atoms with E-state index < -0.39 is 24.0 Å². The summed E-state index contributed by atoms with van der Waals surface area (Å²) in [5.41, 5.74) is 2.84. The summed E-state index contributed by atoms with van der Waals surface area (Å²) in [5.74, 6) is -1.65. The van der Waals surface area contributed by atoms with Gasteiger partial charge in [0.25, 0.3) is 0 Å². The second kappa shape index (κ2) is 6.51. The molecule has 0 spiro atoms. The maximum Gasteiger partial charge on any atom is 0.328 e. The Morgan fingerprint density at radius 3 is 2.40 bits per heavy atom. The second-order valence-corrected chi connectivity index (χ2v) is 4.90. The summed E-state index contributed by atoms with van der Waals surface area (Å²) in [5, 5.41) is 24.8. The maximum atomic E-state index is 11.8. The number of aryl methyl sites for hydroxylation is 2. The van der Waals surface area contributed by atoms with Gasteiger partial charge in [-0.25, -0.2) is 4.79 Å². The number of carboxylic acid groups (broad SMARTS) is 1. The number of nitrogens with zero attached hydrogens (tertiary/aromatic N) is 2. The molecule has 0 saturated heterocycles. The van der Waals surface area contributed by atoms with Crippen molar-refractivity contribution in [3.63, 3.8) is 0 Å². The monoisotopic (exact) mass is 283 g/mol. The first-order chi connectivity index (χ1) is 9.23. The number of amides is 1. The summed E-state index contributed by atoms with van der Waals surface area (Å²) in [4.78, 5) is 22.6. The van der Waals surface area contributed by atoms with Crippen molar-refractivity contribution in [3.05, 3.63) is 17.0 Å². The van der Waals surface area contributed by atoms with Gasteiger partial charge in [0.05, 0.1) is 11.8 Å². The van der Waals surface area contributed by atoms with Crippen LogP contribution in [0.4, 0.5) is 0 Å². The number of aliphatic hydroxyl groups excluding tert-OH is 1. The summed E-state index contributed by atoms with van der Waals surface area (Å²) in [6.45, 7) is 5.12. The molecule has 1 heterocycles. The van der Waals surface area contributed by atoms with Crippen LogP contribution in [0.2, 0.25) is 0 Å². The minimum absolute atomic E-state index is 0.157. The molecule has 1 aromatic heterocycles. The van der Waals surface area contributed by atoms with E-state index in [1.807, 2.05) is 20.9 Å². The SMILES string of the molecule is Cc1nn(C)c(C)c1CCC(=O)NC(C(=O)O)C(C)O. The highest BCUT2D eigenvalue weighted by Crippen LogP contribution is 2.14. The minimum Gasteiger partial charge on any atom is -0.480 e. The van der Waals surface area contributed by atoms with Crippen molar-refractivity contribution in [2.75, 3.05) is 0 Å². The highest BCUT2D eigenvalue weighted by atomic mass is 16.4. The molecule has 112 valence electrons. The van der Waals surface area contributed by atoms with E-state index in [-0.39, 0.29) is 6.42 Å². The summed E-state index contributed by atoms with van der Waals surface area (Å²) in [6, 6.07) is -1.28. The zero-order chi connectivity index (χ0) is 15.4. The Kier molecular flexibility index (Phi) is 5.26. The van der Waals surface area contributed by atoms with Crippen molar-refractivity contribution in [2.24, 2.45) is 7.05 Å². The standard InChI is InChI=1S/C13H21N3O4/c1-7-10(8(2)16(4)15-7)5-6-11(18)14-12(9(3)17)13(19)20/h9,12,17H,5-6H2,1-4H3,(H,14,18)(H,19,20). The van der Waals surface area contributed by atoms with Gasteiger partial charge in [-0.2, -0.15) is 5.10 Å². The lowest BCUT2D eigenvalue weighted by Crippen LogP contribution is -2.47. The van der Waals surface area contributed by atoms with E-state index in [0.29, 0.717) is 6.42 Å². The van der Waals surface area contributed by atoms with Crippen LogP contribution in [0.5, 0.6) is 0 Å². The number of aliphatic hydroxyl groups is 1. The van der Waals surface area contributed by atoms with Gasteiger partial charge in [0.15, 0.2) is 6.04 Å². The molecule has 1 amide bonds. The molecule has 0 aliphatic rings. The topological polar surface area (TPSA) is 104 Å². The number of aliphatic carboxylic acids is 1. The quantitative estimate of drug-likeness (QED) is 0.677. The average molecular weight is 283 g/mol. The van der Waals surface area contributed by atoms with Gasteiger partial charge in [-0.05, 0) is 32.8 Å². The number of carbonyl (C=O) groups is 2. The molecule has 1 aromatic rings. The van der Waals surface area contributed by atoms with Gasteiger partial charge >= 0.3 is 5.97 Å². The van der Waals surface area contributed by atoms with E-state index in [9.17, 15) is 14.7 Å². The van der Waals surface area contributed by atoms with Gasteiger partial charge in [0.2, 0.25) is 5.91 Å². The first kappa shape index (κ1) is 16.2. The zero-order valence-electron chi connectivity index (χ0n) is 12.2. The molecule has 0 aliphatic carbocycles. The Hall–Kier alpha value is -1.89. The van der Waals surface area contributed by atoms with Crippen LogP contribution in [0.1, 0.15) is 30.3 Å². The molecule has 2 unspecified atom stereocenters. The molecule has 0 saturated carbocycles. The van der Waals surface area contributed by atoms with Crippen molar-refractivity contribution < 1.29 is 19.8 Å². The Morgan fingerprint density at radius 1 is 1.40 bits per heavy atom. The third-order valence-electron chi connectivity index (χ3n) is 3.33. The number of carbonyl (C=O) groups excluding carboxylic acids is 1.